The van der Waals surface area contributed by atoms with E-state index in [-0.39, 0.29) is 36.3 Å². The summed E-state index contributed by atoms with van der Waals surface area (Å²) in [6.45, 7) is 2.90. The number of rotatable bonds is 3. The van der Waals surface area contributed by atoms with Crippen molar-refractivity contribution in [3.05, 3.63) is 29.3 Å². The van der Waals surface area contributed by atoms with Crippen molar-refractivity contribution in [1.82, 2.24) is 10.6 Å². The number of likely N-dealkylation sites (N-methyl/N-ethyl adjacent to an activating group) is 1. The standard InChI is InChI=1S/C16H21N3O2.ClH/c1-10(18-16(21)13-4-3-7-17-13)11-5-6-14-12(8-11)9-15(20)19(14)2;/h5-6,8,10,13,17H,3-4,7,9H2,1-2H3,(H,18,21);1H. The Kier molecular flexibility index (Phi) is 5.08. The lowest BCUT2D eigenvalue weighted by molar-refractivity contribution is -0.123. The molecule has 0 aliphatic carbocycles. The van der Waals surface area contributed by atoms with Crippen LogP contribution in [0.15, 0.2) is 18.2 Å². The maximum absolute atomic E-state index is 12.1. The molecule has 2 aliphatic heterocycles. The summed E-state index contributed by atoms with van der Waals surface area (Å²) in [5.74, 6) is 0.183. The minimum atomic E-state index is -0.0606. The van der Waals surface area contributed by atoms with Gasteiger partial charge >= 0.3 is 0 Å². The second-order valence-corrected chi connectivity index (χ2v) is 5.90. The highest BCUT2D eigenvalue weighted by molar-refractivity contribution is 6.01. The van der Waals surface area contributed by atoms with Crippen molar-refractivity contribution in [3.8, 4) is 0 Å². The van der Waals surface area contributed by atoms with Crippen LogP contribution in [0, 0.1) is 0 Å². The second kappa shape index (κ2) is 6.67. The predicted octanol–water partition coefficient (Wildman–Crippen LogP) is 1.56. The zero-order chi connectivity index (χ0) is 15.0. The van der Waals surface area contributed by atoms with Gasteiger partial charge in [0.1, 0.15) is 0 Å². The molecule has 1 aromatic rings. The molecular weight excluding hydrogens is 302 g/mol. The van der Waals surface area contributed by atoms with Crippen molar-refractivity contribution in [2.24, 2.45) is 0 Å². The monoisotopic (exact) mass is 323 g/mol. The Balaban J connectivity index is 0.00000176. The average Bonchev–Trinajstić information content (AvgIpc) is 3.08. The molecule has 1 aromatic carbocycles. The smallest absolute Gasteiger partial charge is 0.237 e. The van der Waals surface area contributed by atoms with Crippen molar-refractivity contribution < 1.29 is 9.59 Å². The van der Waals surface area contributed by atoms with Gasteiger partial charge < -0.3 is 15.5 Å². The fourth-order valence-electron chi connectivity index (χ4n) is 3.07. The number of hydrogen-bond acceptors (Lipinski definition) is 3. The first-order valence-corrected chi connectivity index (χ1v) is 7.49. The van der Waals surface area contributed by atoms with Crippen molar-refractivity contribution in [3.63, 3.8) is 0 Å². The zero-order valence-electron chi connectivity index (χ0n) is 12.9. The molecule has 0 bridgehead atoms. The van der Waals surface area contributed by atoms with E-state index in [4.69, 9.17) is 0 Å². The Hall–Kier alpha value is -1.59. The number of nitrogens with one attached hydrogen (secondary N) is 2. The van der Waals surface area contributed by atoms with Gasteiger partial charge in [-0.3, -0.25) is 9.59 Å². The fraction of sp³-hybridized carbons (Fsp3) is 0.500. The summed E-state index contributed by atoms with van der Waals surface area (Å²) in [6.07, 6.45) is 2.41. The number of benzene rings is 1. The molecule has 1 fully saturated rings. The quantitative estimate of drug-likeness (QED) is 0.887. The van der Waals surface area contributed by atoms with Gasteiger partial charge in [-0.05, 0) is 43.5 Å². The molecule has 0 spiro atoms. The molecule has 120 valence electrons. The lowest BCUT2D eigenvalue weighted by Gasteiger charge is -2.18. The molecule has 5 nitrogen and oxygen atoms in total. The second-order valence-electron chi connectivity index (χ2n) is 5.90. The van der Waals surface area contributed by atoms with Crippen LogP contribution in [0.4, 0.5) is 5.69 Å². The molecule has 2 aliphatic rings. The topological polar surface area (TPSA) is 61.4 Å². The van der Waals surface area contributed by atoms with Gasteiger partial charge in [0, 0.05) is 12.7 Å². The van der Waals surface area contributed by atoms with Crippen LogP contribution in [-0.2, 0) is 16.0 Å². The number of hydrogen-bond donors (Lipinski definition) is 2. The minimum absolute atomic E-state index is 0. The van der Waals surface area contributed by atoms with E-state index in [2.05, 4.69) is 10.6 Å². The lowest BCUT2D eigenvalue weighted by Crippen LogP contribution is -2.41. The third kappa shape index (κ3) is 3.10. The van der Waals surface area contributed by atoms with E-state index in [0.29, 0.717) is 6.42 Å². The minimum Gasteiger partial charge on any atom is -0.348 e. The normalized spacial score (nSPS) is 21.3. The zero-order valence-corrected chi connectivity index (χ0v) is 13.7. The third-order valence-electron chi connectivity index (χ3n) is 4.42. The molecule has 0 radical (unpaired) electrons. The van der Waals surface area contributed by atoms with Gasteiger partial charge in [0.25, 0.3) is 0 Å². The Bertz CT molecular complexity index is 585. The van der Waals surface area contributed by atoms with E-state index in [1.165, 1.54) is 0 Å². The van der Waals surface area contributed by atoms with Gasteiger partial charge in [0.2, 0.25) is 11.8 Å². The summed E-state index contributed by atoms with van der Waals surface area (Å²) in [5.41, 5.74) is 3.06. The summed E-state index contributed by atoms with van der Waals surface area (Å²) >= 11 is 0. The van der Waals surface area contributed by atoms with Crippen LogP contribution in [0.5, 0.6) is 0 Å². The summed E-state index contributed by atoms with van der Waals surface area (Å²) in [5, 5.41) is 6.25. The van der Waals surface area contributed by atoms with Gasteiger partial charge in [-0.2, -0.15) is 0 Å². The number of carbonyl (C=O) groups is 2. The Morgan fingerprint density at radius 2 is 2.23 bits per heavy atom. The highest BCUT2D eigenvalue weighted by atomic mass is 35.5. The van der Waals surface area contributed by atoms with Crippen LogP contribution in [0.2, 0.25) is 0 Å². The van der Waals surface area contributed by atoms with Gasteiger partial charge in [0.15, 0.2) is 0 Å². The van der Waals surface area contributed by atoms with Crippen LogP contribution in [0.1, 0.15) is 36.9 Å². The maximum atomic E-state index is 12.1. The van der Waals surface area contributed by atoms with Crippen molar-refractivity contribution in [2.45, 2.75) is 38.3 Å². The summed E-state index contributed by atoms with van der Waals surface area (Å²) in [6, 6.07) is 5.87. The summed E-state index contributed by atoms with van der Waals surface area (Å²) in [7, 11) is 1.80. The molecule has 1 saturated heterocycles. The molecule has 2 N–H and O–H groups in total. The largest absolute Gasteiger partial charge is 0.348 e. The molecular formula is C16H22ClN3O2. The number of nitrogens with zero attached hydrogens (tertiary/aromatic N) is 1. The fourth-order valence-corrected chi connectivity index (χ4v) is 3.07. The van der Waals surface area contributed by atoms with E-state index < -0.39 is 0 Å². The van der Waals surface area contributed by atoms with E-state index in [9.17, 15) is 9.59 Å². The molecule has 3 rings (SSSR count). The van der Waals surface area contributed by atoms with E-state index >= 15 is 0 Å². The van der Waals surface area contributed by atoms with Crippen LogP contribution < -0.4 is 15.5 Å². The molecule has 2 heterocycles. The van der Waals surface area contributed by atoms with Gasteiger partial charge in [-0.15, -0.1) is 12.4 Å². The van der Waals surface area contributed by atoms with E-state index in [1.807, 2.05) is 25.1 Å². The van der Waals surface area contributed by atoms with Crippen LogP contribution in [0.25, 0.3) is 0 Å². The maximum Gasteiger partial charge on any atom is 0.237 e. The molecule has 0 aromatic heterocycles. The molecule has 2 atom stereocenters. The van der Waals surface area contributed by atoms with Crippen molar-refractivity contribution in [2.75, 3.05) is 18.5 Å². The first-order chi connectivity index (χ1) is 10.1. The van der Waals surface area contributed by atoms with Crippen LogP contribution in [-0.4, -0.2) is 31.4 Å². The number of anilines is 1. The molecule has 2 unspecified atom stereocenters. The van der Waals surface area contributed by atoms with Crippen LogP contribution in [0.3, 0.4) is 0 Å². The van der Waals surface area contributed by atoms with Crippen LogP contribution >= 0.6 is 12.4 Å². The molecule has 2 amide bonds. The van der Waals surface area contributed by atoms with Gasteiger partial charge in [-0.1, -0.05) is 12.1 Å². The first-order valence-electron chi connectivity index (χ1n) is 7.49. The summed E-state index contributed by atoms with van der Waals surface area (Å²) in [4.78, 5) is 25.5. The Labute approximate surface area is 136 Å². The van der Waals surface area contributed by atoms with Gasteiger partial charge in [0.05, 0.1) is 18.5 Å². The van der Waals surface area contributed by atoms with E-state index in [1.54, 1.807) is 11.9 Å². The molecule has 6 heteroatoms. The number of halogens is 1. The number of carbonyl (C=O) groups excluding carboxylic acids is 2. The highest BCUT2D eigenvalue weighted by Gasteiger charge is 2.26. The number of amides is 2. The van der Waals surface area contributed by atoms with E-state index in [0.717, 1.165) is 36.2 Å². The molecule has 0 saturated carbocycles. The first kappa shape index (κ1) is 16.8. The SMILES string of the molecule is CC(NC(=O)C1CCCN1)c1ccc2c(c1)CC(=O)N2C.Cl. The Morgan fingerprint density at radius 1 is 1.45 bits per heavy atom. The van der Waals surface area contributed by atoms with Crippen molar-refractivity contribution in [1.29, 1.82) is 0 Å². The Morgan fingerprint density at radius 3 is 2.91 bits per heavy atom. The predicted molar refractivity (Wildman–Crippen MR) is 88.4 cm³/mol. The summed E-state index contributed by atoms with van der Waals surface area (Å²) < 4.78 is 0. The average molecular weight is 324 g/mol. The molecule has 22 heavy (non-hydrogen) atoms. The van der Waals surface area contributed by atoms with Crippen molar-refractivity contribution >= 4 is 29.9 Å². The number of fused-ring (bicyclic) bond motifs is 1. The third-order valence-corrected chi connectivity index (χ3v) is 4.42. The van der Waals surface area contributed by atoms with Gasteiger partial charge in [-0.25, -0.2) is 0 Å². The lowest BCUT2D eigenvalue weighted by atomic mass is 10.0. The highest BCUT2D eigenvalue weighted by Crippen LogP contribution is 2.30.